The van der Waals surface area contributed by atoms with Gasteiger partial charge in [-0.05, 0) is 41.8 Å². The molecule has 1 atom stereocenters. The molecule has 0 saturated heterocycles. The highest BCUT2D eigenvalue weighted by molar-refractivity contribution is 7.91. The number of aryl methyl sites for hydroxylation is 1. The van der Waals surface area contributed by atoms with Crippen LogP contribution in [0.2, 0.25) is 0 Å². The van der Waals surface area contributed by atoms with Crippen molar-refractivity contribution >= 4 is 27.0 Å². The van der Waals surface area contributed by atoms with Crippen molar-refractivity contribution < 1.29 is 40.6 Å². The zero-order chi connectivity index (χ0) is 30.6. The van der Waals surface area contributed by atoms with Crippen molar-refractivity contribution in [2.45, 2.75) is 30.6 Å². The lowest BCUT2D eigenvalue weighted by atomic mass is 9.94. The number of aromatic nitrogens is 2. The summed E-state index contributed by atoms with van der Waals surface area (Å²) < 4.78 is 81.2. The predicted molar refractivity (Wildman–Crippen MR) is 150 cm³/mol. The number of hydrogen-bond donors (Lipinski definition) is 2. The molecule has 2 N–H and O–H groups in total. The fraction of sp³-hybridized carbons (Fsp3) is 0.200. The van der Waals surface area contributed by atoms with E-state index in [4.69, 9.17) is 14.3 Å². The number of halogens is 3. The van der Waals surface area contributed by atoms with Crippen LogP contribution in [0.3, 0.4) is 0 Å². The summed E-state index contributed by atoms with van der Waals surface area (Å²) in [5.74, 6) is -3.38. The Balaban J connectivity index is 0.00000198. The van der Waals surface area contributed by atoms with Crippen molar-refractivity contribution in [1.82, 2.24) is 9.97 Å². The van der Waals surface area contributed by atoms with E-state index in [1.807, 2.05) is 0 Å². The predicted octanol–water partition coefficient (Wildman–Crippen LogP) is 6.33. The molecule has 220 valence electrons. The summed E-state index contributed by atoms with van der Waals surface area (Å²) in [7, 11) is -2.93. The number of carbonyl (C=O) groups excluding carboxylic acids is 1. The van der Waals surface area contributed by atoms with E-state index in [-0.39, 0.29) is 45.8 Å². The maximum Gasteiger partial charge on any atom is 0.229 e. The number of carbonyl (C=O) groups is 1. The van der Waals surface area contributed by atoms with Crippen molar-refractivity contribution in [2.24, 2.45) is 0 Å². The maximum absolute atomic E-state index is 15.1. The molecule has 1 unspecified atom stereocenters. The highest BCUT2D eigenvalue weighted by atomic mass is 32.2. The molecule has 0 fully saturated rings. The molecule has 0 aliphatic carbocycles. The van der Waals surface area contributed by atoms with E-state index in [0.29, 0.717) is 16.8 Å². The first-order valence-electron chi connectivity index (χ1n) is 12.7. The lowest BCUT2D eigenvalue weighted by molar-refractivity contribution is -0.107. The van der Waals surface area contributed by atoms with Gasteiger partial charge in [-0.3, -0.25) is 0 Å². The number of aromatic amines is 1. The summed E-state index contributed by atoms with van der Waals surface area (Å²) >= 11 is 0. The summed E-state index contributed by atoms with van der Waals surface area (Å²) in [6.07, 6.45) is 4.87. The fourth-order valence-corrected chi connectivity index (χ4v) is 5.60. The minimum atomic E-state index is -3.93. The van der Waals surface area contributed by atoms with Crippen molar-refractivity contribution in [1.29, 1.82) is 0 Å². The van der Waals surface area contributed by atoms with Gasteiger partial charge in [-0.25, -0.2) is 26.6 Å². The molecular weight excluding hydrogens is 573 g/mol. The highest BCUT2D eigenvalue weighted by Crippen LogP contribution is 2.39. The van der Waals surface area contributed by atoms with Crippen molar-refractivity contribution in [3.05, 3.63) is 95.3 Å². The molecule has 5 aromatic rings. The molecule has 2 aromatic heterocycles. The van der Waals surface area contributed by atoms with E-state index in [2.05, 4.69) is 9.97 Å². The number of sulfone groups is 1. The number of fused-ring (bicyclic) bond motifs is 1. The van der Waals surface area contributed by atoms with Gasteiger partial charge in [0.15, 0.2) is 21.4 Å². The third kappa shape index (κ3) is 6.09. The van der Waals surface area contributed by atoms with Gasteiger partial charge in [0.1, 0.15) is 34.8 Å². The van der Waals surface area contributed by atoms with Crippen LogP contribution in [0.15, 0.2) is 70.3 Å². The largest absolute Gasteiger partial charge is 0.453 e. The number of aliphatic hydroxyl groups excluding tert-OH is 1. The Hall–Kier alpha value is -4.42. The number of nitrogens with one attached hydrogen (secondary N) is 1. The average molecular weight is 601 g/mol. The van der Waals surface area contributed by atoms with Gasteiger partial charge in [0.2, 0.25) is 5.89 Å². The number of hydrogen-bond acceptors (Lipinski definition) is 7. The first-order valence-corrected chi connectivity index (χ1v) is 14.6. The van der Waals surface area contributed by atoms with Crippen molar-refractivity contribution in [2.75, 3.05) is 13.4 Å². The summed E-state index contributed by atoms with van der Waals surface area (Å²) in [6.45, 7) is 1.71. The smallest absolute Gasteiger partial charge is 0.229 e. The summed E-state index contributed by atoms with van der Waals surface area (Å²) in [4.78, 5) is 17.5. The zero-order valence-electron chi connectivity index (χ0n) is 22.8. The topological polar surface area (TPSA) is 122 Å². The Kier molecular flexibility index (Phi) is 9.17. The van der Waals surface area contributed by atoms with Crippen LogP contribution in [0, 0.1) is 17.5 Å². The zero-order valence-corrected chi connectivity index (χ0v) is 23.6. The van der Waals surface area contributed by atoms with Crippen LogP contribution in [0.25, 0.3) is 22.4 Å². The van der Waals surface area contributed by atoms with E-state index >= 15 is 4.39 Å². The van der Waals surface area contributed by atoms with E-state index < -0.39 is 39.0 Å². The van der Waals surface area contributed by atoms with Crippen LogP contribution in [-0.4, -0.2) is 43.1 Å². The Morgan fingerprint density at radius 2 is 1.86 bits per heavy atom. The number of aliphatic hydroxyl groups is 1. The monoisotopic (exact) mass is 600 g/mol. The maximum atomic E-state index is 15.1. The van der Waals surface area contributed by atoms with Crippen LogP contribution in [-0.2, 0) is 21.1 Å². The molecule has 0 saturated carbocycles. The fourth-order valence-electron chi connectivity index (χ4n) is 4.55. The highest BCUT2D eigenvalue weighted by Gasteiger charge is 2.25. The number of oxazole rings is 1. The number of ether oxygens (including phenoxy) is 1. The van der Waals surface area contributed by atoms with Crippen LogP contribution < -0.4 is 4.74 Å². The number of benzene rings is 3. The molecule has 12 heteroatoms. The van der Waals surface area contributed by atoms with E-state index in [9.17, 15) is 22.0 Å². The first kappa shape index (κ1) is 30.5. The van der Waals surface area contributed by atoms with Crippen LogP contribution in [0.5, 0.6) is 11.5 Å². The van der Waals surface area contributed by atoms with Crippen LogP contribution in [0.1, 0.15) is 36.1 Å². The Bertz CT molecular complexity index is 1850. The van der Waals surface area contributed by atoms with Gasteiger partial charge in [0.05, 0.1) is 11.3 Å². The molecule has 0 bridgehead atoms. The minimum Gasteiger partial charge on any atom is -0.453 e. The molecule has 0 aliphatic heterocycles. The molecule has 3 aromatic carbocycles. The lowest BCUT2D eigenvalue weighted by Crippen LogP contribution is -2.04. The molecule has 5 rings (SSSR count). The van der Waals surface area contributed by atoms with E-state index in [0.717, 1.165) is 31.8 Å². The van der Waals surface area contributed by atoms with Gasteiger partial charge in [0.25, 0.3) is 0 Å². The standard InChI is InChI=1S/C29H23F3N2O5S.CH4O/c1-16(19-7-3-5-17(26(19)32)6-4-12-35)25-15-38-29(34-25)21-13-18(8-9-22(21)30)39-27-23(31)14-24-20(10-11-33-24)28(27)40(2,36)37;1-2/h3,5,7-16,33H,4,6H2,1-2H3;2H,1H3. The molecule has 0 aliphatic rings. The number of rotatable bonds is 9. The van der Waals surface area contributed by atoms with Gasteiger partial charge >= 0.3 is 0 Å². The first-order chi connectivity index (χ1) is 20.1. The third-order valence-corrected chi connectivity index (χ3v) is 7.70. The third-order valence-electron chi connectivity index (χ3n) is 6.55. The molecule has 0 spiro atoms. The molecule has 0 radical (unpaired) electrons. The normalized spacial score (nSPS) is 12.1. The summed E-state index contributed by atoms with van der Waals surface area (Å²) in [5, 5.41) is 7.25. The number of aldehydes is 1. The average Bonchev–Trinajstić information content (AvgIpc) is 3.64. The van der Waals surface area contributed by atoms with Gasteiger partial charge in [-0.2, -0.15) is 0 Å². The molecule has 42 heavy (non-hydrogen) atoms. The summed E-state index contributed by atoms with van der Waals surface area (Å²) in [5.41, 5.74) is 1.22. The Morgan fingerprint density at radius 3 is 2.57 bits per heavy atom. The Labute approximate surface area is 239 Å². The molecule has 0 amide bonds. The molecular formula is C30H27F3N2O6S. The van der Waals surface area contributed by atoms with E-state index in [1.54, 1.807) is 25.1 Å². The van der Waals surface area contributed by atoms with Crippen LogP contribution >= 0.6 is 0 Å². The Morgan fingerprint density at radius 1 is 1.10 bits per heavy atom. The van der Waals surface area contributed by atoms with E-state index in [1.165, 1.54) is 30.7 Å². The molecule has 2 heterocycles. The van der Waals surface area contributed by atoms with Gasteiger partial charge in [0, 0.05) is 48.9 Å². The van der Waals surface area contributed by atoms with Gasteiger partial charge < -0.3 is 24.0 Å². The SMILES string of the molecule is CC(c1coc(-c2cc(Oc3c(F)cc4[nH]ccc4c3S(C)(=O)=O)ccc2F)n1)c1cccc(CCC=O)c1F.CO. The number of nitrogens with zero attached hydrogens (tertiary/aromatic N) is 1. The number of H-pyrrole nitrogens is 1. The second-order valence-corrected chi connectivity index (χ2v) is 11.2. The van der Waals surface area contributed by atoms with Crippen molar-refractivity contribution in [3.8, 4) is 23.0 Å². The second-order valence-electron chi connectivity index (χ2n) is 9.30. The van der Waals surface area contributed by atoms with Gasteiger partial charge in [-0.1, -0.05) is 25.1 Å². The van der Waals surface area contributed by atoms with Gasteiger partial charge in [-0.15, -0.1) is 0 Å². The minimum absolute atomic E-state index is 0.0585. The quantitative estimate of drug-likeness (QED) is 0.190. The second kappa shape index (κ2) is 12.6. The lowest BCUT2D eigenvalue weighted by Gasteiger charge is -2.13. The van der Waals surface area contributed by atoms with Crippen LogP contribution in [0.4, 0.5) is 13.2 Å². The summed E-state index contributed by atoms with van der Waals surface area (Å²) in [6, 6.07) is 11.0. The molecule has 8 nitrogen and oxygen atoms in total. The van der Waals surface area contributed by atoms with Crippen molar-refractivity contribution in [3.63, 3.8) is 0 Å².